The van der Waals surface area contributed by atoms with Crippen LogP contribution in [0.25, 0.3) is 0 Å². The van der Waals surface area contributed by atoms with Crippen LogP contribution >= 0.6 is 59.4 Å². The summed E-state index contributed by atoms with van der Waals surface area (Å²) in [6.45, 7) is 0.0774. The van der Waals surface area contributed by atoms with Crippen LogP contribution < -0.4 is 27.4 Å². The van der Waals surface area contributed by atoms with Crippen molar-refractivity contribution in [1.82, 2.24) is 30.8 Å². The van der Waals surface area contributed by atoms with Crippen molar-refractivity contribution >= 4 is 83.1 Å². The number of aromatic amines is 2. The molecule has 1 saturated heterocycles. The number of fused-ring (bicyclic) bond motifs is 3. The number of nitrogens with two attached hydrogens (primary N) is 2. The van der Waals surface area contributed by atoms with Gasteiger partial charge in [-0.1, -0.05) is 0 Å². The van der Waals surface area contributed by atoms with Gasteiger partial charge in [0.2, 0.25) is 0 Å². The number of halogens is 4. The Labute approximate surface area is 257 Å². The van der Waals surface area contributed by atoms with E-state index in [1.54, 1.807) is 18.3 Å². The van der Waals surface area contributed by atoms with E-state index in [4.69, 9.17) is 23.1 Å². The molecule has 2 aromatic rings. The van der Waals surface area contributed by atoms with Gasteiger partial charge in [0.1, 0.15) is 16.9 Å². The molecule has 1 saturated carbocycles. The highest BCUT2D eigenvalue weighted by Gasteiger charge is 2.82. The third kappa shape index (κ3) is 3.84. The Balaban J connectivity index is 1.35. The van der Waals surface area contributed by atoms with E-state index in [-0.39, 0.29) is 25.0 Å². The highest BCUT2D eigenvalue weighted by molar-refractivity contribution is 9.13. The summed E-state index contributed by atoms with van der Waals surface area (Å²) in [6.07, 6.45) is -0.799. The van der Waals surface area contributed by atoms with Gasteiger partial charge in [-0.05, 0) is 65.8 Å². The molecular formula is C22H24Br3ClN10O4. The van der Waals surface area contributed by atoms with Crippen molar-refractivity contribution in [2.45, 2.75) is 29.0 Å². The summed E-state index contributed by atoms with van der Waals surface area (Å²) in [6, 6.07) is 3.25. The minimum absolute atomic E-state index is 0.0138. The zero-order valence-corrected chi connectivity index (χ0v) is 25.8. The minimum atomic E-state index is -1.79. The van der Waals surface area contributed by atoms with Crippen LogP contribution in [0.2, 0.25) is 0 Å². The molecule has 2 amide bonds. The molecule has 3 aliphatic heterocycles. The van der Waals surface area contributed by atoms with Gasteiger partial charge in [0.15, 0.2) is 30.0 Å². The van der Waals surface area contributed by atoms with Gasteiger partial charge < -0.3 is 52.5 Å². The zero-order chi connectivity index (χ0) is 28.7. The molecule has 0 aromatic carbocycles. The lowest BCUT2D eigenvalue weighted by Gasteiger charge is -2.39. The molecular weight excluding hydrogens is 743 g/mol. The van der Waals surface area contributed by atoms with Crippen LogP contribution in [0.3, 0.4) is 0 Å². The molecule has 11 N–H and O–H groups in total. The number of rotatable bonds is 6. The molecule has 214 valence electrons. The van der Waals surface area contributed by atoms with Gasteiger partial charge in [-0.15, -0.1) is 11.6 Å². The number of amides is 2. The summed E-state index contributed by atoms with van der Waals surface area (Å²) in [5.41, 5.74) is 9.64. The van der Waals surface area contributed by atoms with Crippen LogP contribution in [0.1, 0.15) is 21.0 Å². The van der Waals surface area contributed by atoms with Gasteiger partial charge in [0, 0.05) is 35.6 Å². The number of carbonyl (C=O) groups excluding carboxylic acids is 2. The number of nitrogens with zero attached hydrogens (tertiary/aromatic N) is 3. The number of aliphatic hydroxyl groups excluding tert-OH is 1. The van der Waals surface area contributed by atoms with Gasteiger partial charge in [-0.2, -0.15) is 0 Å². The summed E-state index contributed by atoms with van der Waals surface area (Å²) in [5.74, 6) is -2.89. The van der Waals surface area contributed by atoms with Crippen LogP contribution in [0.4, 0.5) is 0 Å². The zero-order valence-electron chi connectivity index (χ0n) is 20.3. The summed E-state index contributed by atoms with van der Waals surface area (Å²) >= 11 is 17.2. The van der Waals surface area contributed by atoms with Crippen LogP contribution in [0.5, 0.6) is 0 Å². The van der Waals surface area contributed by atoms with Crippen molar-refractivity contribution in [2.24, 2.45) is 39.2 Å². The fraction of sp³-hybridized carbons (Fsp3) is 0.455. The Morgan fingerprint density at radius 3 is 2.40 bits per heavy atom. The van der Waals surface area contributed by atoms with E-state index >= 15 is 0 Å². The maximum atomic E-state index is 13.0. The number of aliphatic imine (C=N–C) groups is 2. The highest BCUT2D eigenvalue weighted by Crippen LogP contribution is 2.63. The molecule has 1 aliphatic carbocycles. The average molecular weight is 768 g/mol. The molecule has 8 unspecified atom stereocenters. The molecule has 4 aliphatic rings. The number of carbonyl (C=O) groups is 2. The van der Waals surface area contributed by atoms with Crippen LogP contribution in [0.15, 0.2) is 41.9 Å². The molecule has 5 heterocycles. The van der Waals surface area contributed by atoms with E-state index in [1.807, 2.05) is 0 Å². The van der Waals surface area contributed by atoms with Crippen molar-refractivity contribution in [3.05, 3.63) is 43.3 Å². The van der Waals surface area contributed by atoms with Gasteiger partial charge in [0.25, 0.3) is 11.8 Å². The maximum absolute atomic E-state index is 13.0. The normalized spacial score (nSPS) is 35.5. The molecule has 0 bridgehead atoms. The number of aliphatic hydroxyl groups is 2. The van der Waals surface area contributed by atoms with Gasteiger partial charge in [-0.3, -0.25) is 9.59 Å². The summed E-state index contributed by atoms with van der Waals surface area (Å²) in [4.78, 5) is 41.8. The van der Waals surface area contributed by atoms with Gasteiger partial charge >= 0.3 is 0 Å². The molecule has 14 nitrogen and oxygen atoms in total. The molecule has 0 radical (unpaired) electrons. The fourth-order valence-corrected chi connectivity index (χ4v) is 8.35. The number of hydrogen-bond acceptors (Lipinski definition) is 10. The van der Waals surface area contributed by atoms with E-state index in [2.05, 4.69) is 83.7 Å². The Hall–Kier alpha value is -2.31. The van der Waals surface area contributed by atoms with E-state index < -0.39 is 58.6 Å². The number of guanidine groups is 2. The van der Waals surface area contributed by atoms with Crippen molar-refractivity contribution in [3.8, 4) is 0 Å². The standard InChI is InChI=1S/C22H24Br3ClN10O4/c23-6-1-10(29-3-6)15(37)30-4-7-8(5-31-16(38)11-2-9(24)14(25)32-11)13(26)21-12(7)22(40)17(33-19(27)35-22)36(21)20(28)34-18(21)39/h1-3,7-8,12-13,17-18,29,32,39-40H,4-5H2,(H2,28,34)(H,30,37)(H,31,38)(H3,27,33,35). The SMILES string of the molecule is NC1=NC2N3C(N)=NC(O)C34C(Cl)C(CNC(=O)c3cc(Br)c(Br)[nH]3)C(CNC(=O)c3cc(Br)c[nH]3)C4C2(O)N1. The fourth-order valence-electron chi connectivity index (χ4n) is 6.72. The van der Waals surface area contributed by atoms with Gasteiger partial charge in [-0.25, -0.2) is 9.98 Å². The Kier molecular flexibility index (Phi) is 6.70. The number of nitrogens with one attached hydrogen (secondary N) is 5. The predicted octanol–water partition coefficient (Wildman–Crippen LogP) is -0.107. The van der Waals surface area contributed by atoms with Crippen molar-refractivity contribution in [3.63, 3.8) is 0 Å². The van der Waals surface area contributed by atoms with E-state index in [9.17, 15) is 19.8 Å². The molecule has 18 heteroatoms. The van der Waals surface area contributed by atoms with Crippen LogP contribution in [0, 0.1) is 17.8 Å². The summed E-state index contributed by atoms with van der Waals surface area (Å²) < 4.78 is 1.98. The quantitative estimate of drug-likeness (QED) is 0.180. The van der Waals surface area contributed by atoms with Crippen LogP contribution in [-0.2, 0) is 0 Å². The first-order valence-electron chi connectivity index (χ1n) is 12.1. The first-order valence-corrected chi connectivity index (χ1v) is 14.9. The third-order valence-electron chi connectivity index (χ3n) is 8.19. The van der Waals surface area contributed by atoms with Crippen molar-refractivity contribution in [1.29, 1.82) is 0 Å². The molecule has 40 heavy (non-hydrogen) atoms. The second-order valence-electron chi connectivity index (χ2n) is 10.2. The highest BCUT2D eigenvalue weighted by atomic mass is 79.9. The monoisotopic (exact) mass is 764 g/mol. The first-order chi connectivity index (χ1) is 18.9. The number of alkyl halides is 1. The van der Waals surface area contributed by atoms with E-state index in [0.717, 1.165) is 0 Å². The van der Waals surface area contributed by atoms with Crippen LogP contribution in [-0.4, -0.2) is 90.9 Å². The number of hydrogen-bond donors (Lipinski definition) is 9. The second kappa shape index (κ2) is 9.62. The lowest BCUT2D eigenvalue weighted by Crippen LogP contribution is -2.61. The van der Waals surface area contributed by atoms with Crippen molar-refractivity contribution in [2.75, 3.05) is 13.1 Å². The summed E-state index contributed by atoms with van der Waals surface area (Å²) in [5, 5.41) is 31.1. The summed E-state index contributed by atoms with van der Waals surface area (Å²) in [7, 11) is 0. The first kappa shape index (κ1) is 27.8. The van der Waals surface area contributed by atoms with E-state index in [1.165, 1.54) is 4.90 Å². The average Bonchev–Trinajstić information content (AvgIpc) is 3.68. The van der Waals surface area contributed by atoms with E-state index in [0.29, 0.717) is 24.9 Å². The number of H-pyrrole nitrogens is 2. The Morgan fingerprint density at radius 1 is 1.10 bits per heavy atom. The largest absolute Gasteiger partial charge is 0.370 e. The molecule has 6 rings (SSSR count). The number of aromatic nitrogens is 2. The van der Waals surface area contributed by atoms with Crippen molar-refractivity contribution < 1.29 is 19.8 Å². The van der Waals surface area contributed by atoms with Gasteiger partial charge in [0.05, 0.1) is 14.5 Å². The lowest BCUT2D eigenvalue weighted by atomic mass is 9.77. The minimum Gasteiger partial charge on any atom is -0.370 e. The molecule has 2 fully saturated rings. The Bertz CT molecular complexity index is 1450. The molecule has 2 aromatic heterocycles. The molecule has 1 spiro atoms. The maximum Gasteiger partial charge on any atom is 0.267 e. The smallest absolute Gasteiger partial charge is 0.267 e. The lowest BCUT2D eigenvalue weighted by molar-refractivity contribution is -0.0560. The Morgan fingerprint density at radius 2 is 1.77 bits per heavy atom. The topological polar surface area (TPSA) is 222 Å². The third-order valence-corrected chi connectivity index (χ3v) is 11.1. The second-order valence-corrected chi connectivity index (χ2v) is 13.2. The molecule has 8 atom stereocenters. The predicted molar refractivity (Wildman–Crippen MR) is 155 cm³/mol.